The molecule has 4 heterocycles. The minimum atomic E-state index is -0.584. The zero-order valence-electron chi connectivity index (χ0n) is 24.0. The predicted molar refractivity (Wildman–Crippen MR) is 163 cm³/mol. The van der Waals surface area contributed by atoms with Crippen molar-refractivity contribution in [1.29, 1.82) is 0 Å². The molecule has 10 nitrogen and oxygen atoms in total. The standard InChI is InChI=1S/C30H32ClFN8O2/c1-6-10-23-26(29(37(4)5)34-17-33-23)40-28-20(15-21(31)25(35-28)19-11-8-9-12-22(19)32)27(36-30(40)42)39-14-13-38(16-18(39)3)24(41)7-2/h7-9,11-12,15,17-18H,2,6,10,13-14,16H2,1,3-5H3/t18-/m0/s1. The SMILES string of the molecule is C=CC(=O)N1CCN(c2nc(=O)n(-c3c(CCC)ncnc3N(C)C)c3nc(-c4ccccc4F)c(Cl)cc23)[C@@H](C)C1. The fraction of sp³-hybridized carbons (Fsp3) is 0.333. The van der Waals surface area contributed by atoms with E-state index in [0.717, 1.165) is 6.42 Å². The van der Waals surface area contributed by atoms with Gasteiger partial charge in [-0.3, -0.25) is 4.79 Å². The number of piperazine rings is 1. The van der Waals surface area contributed by atoms with E-state index in [2.05, 4.69) is 21.5 Å². The Morgan fingerprint density at radius 2 is 1.98 bits per heavy atom. The van der Waals surface area contributed by atoms with Gasteiger partial charge >= 0.3 is 5.69 Å². The van der Waals surface area contributed by atoms with E-state index in [0.29, 0.717) is 54.5 Å². The Bertz CT molecular complexity index is 1740. The second kappa shape index (κ2) is 11.8. The van der Waals surface area contributed by atoms with Crippen LogP contribution in [0.2, 0.25) is 5.02 Å². The van der Waals surface area contributed by atoms with Crippen LogP contribution in [0.4, 0.5) is 16.0 Å². The van der Waals surface area contributed by atoms with Gasteiger partial charge in [0.05, 0.1) is 21.8 Å². The molecular weight excluding hydrogens is 559 g/mol. The van der Waals surface area contributed by atoms with Gasteiger partial charge in [0.15, 0.2) is 11.5 Å². The van der Waals surface area contributed by atoms with Crippen LogP contribution in [0.5, 0.6) is 0 Å². The average molecular weight is 591 g/mol. The molecule has 1 amide bonds. The van der Waals surface area contributed by atoms with Gasteiger partial charge in [0, 0.05) is 45.3 Å². The third-order valence-corrected chi connectivity index (χ3v) is 7.62. The molecule has 0 aliphatic carbocycles. The van der Waals surface area contributed by atoms with Crippen molar-refractivity contribution in [3.05, 3.63) is 76.3 Å². The summed E-state index contributed by atoms with van der Waals surface area (Å²) in [4.78, 5) is 50.3. The van der Waals surface area contributed by atoms with Gasteiger partial charge in [-0.1, -0.05) is 43.7 Å². The van der Waals surface area contributed by atoms with Crippen molar-refractivity contribution in [1.82, 2.24) is 29.4 Å². The number of carbonyl (C=O) groups excluding carboxylic acids is 1. The van der Waals surface area contributed by atoms with Gasteiger partial charge in [-0.25, -0.2) is 28.7 Å². The first-order valence-corrected chi connectivity index (χ1v) is 14.1. The van der Waals surface area contributed by atoms with Gasteiger partial charge in [0.2, 0.25) is 5.91 Å². The fourth-order valence-corrected chi connectivity index (χ4v) is 5.60. The van der Waals surface area contributed by atoms with Crippen molar-refractivity contribution in [3.8, 4) is 16.9 Å². The van der Waals surface area contributed by atoms with E-state index in [1.54, 1.807) is 34.1 Å². The topological polar surface area (TPSA) is 100 Å². The number of amides is 1. The van der Waals surface area contributed by atoms with Crippen molar-refractivity contribution in [2.45, 2.75) is 32.7 Å². The van der Waals surface area contributed by atoms with Gasteiger partial charge in [-0.05, 0) is 37.6 Å². The van der Waals surface area contributed by atoms with Crippen LogP contribution in [0.1, 0.15) is 26.0 Å². The molecule has 5 rings (SSSR count). The van der Waals surface area contributed by atoms with E-state index in [1.807, 2.05) is 32.8 Å². The first-order chi connectivity index (χ1) is 20.2. The minimum absolute atomic E-state index is 0.155. The summed E-state index contributed by atoms with van der Waals surface area (Å²) in [5.41, 5.74) is 1.18. The quantitative estimate of drug-likeness (QED) is 0.294. The fourth-order valence-electron chi connectivity index (χ4n) is 5.35. The monoisotopic (exact) mass is 590 g/mol. The zero-order valence-corrected chi connectivity index (χ0v) is 24.8. The van der Waals surface area contributed by atoms with Crippen LogP contribution < -0.4 is 15.5 Å². The number of halogens is 2. The number of nitrogens with zero attached hydrogens (tertiary/aromatic N) is 8. The molecule has 1 saturated heterocycles. The van der Waals surface area contributed by atoms with Crippen molar-refractivity contribution in [2.75, 3.05) is 43.5 Å². The minimum Gasteiger partial charge on any atom is -0.361 e. The Morgan fingerprint density at radius 1 is 1.21 bits per heavy atom. The summed E-state index contributed by atoms with van der Waals surface area (Å²) in [6, 6.07) is 7.72. The lowest BCUT2D eigenvalue weighted by Crippen LogP contribution is -2.54. The summed E-state index contributed by atoms with van der Waals surface area (Å²) in [5, 5.41) is 0.714. The number of hydrogen-bond acceptors (Lipinski definition) is 8. The Labute approximate surface area is 248 Å². The Hall–Kier alpha value is -4.38. The molecule has 218 valence electrons. The predicted octanol–water partition coefficient (Wildman–Crippen LogP) is 4.27. The van der Waals surface area contributed by atoms with Crippen molar-refractivity contribution >= 4 is 40.2 Å². The molecule has 42 heavy (non-hydrogen) atoms. The highest BCUT2D eigenvalue weighted by Gasteiger charge is 2.31. The van der Waals surface area contributed by atoms with Crippen LogP contribution in [-0.2, 0) is 11.2 Å². The third-order valence-electron chi connectivity index (χ3n) is 7.33. The third kappa shape index (κ3) is 5.20. The first kappa shape index (κ1) is 29.1. The molecule has 1 aliphatic rings. The smallest absolute Gasteiger partial charge is 0.356 e. The summed E-state index contributed by atoms with van der Waals surface area (Å²) < 4.78 is 16.4. The number of rotatable bonds is 7. The summed E-state index contributed by atoms with van der Waals surface area (Å²) in [7, 11) is 3.66. The maximum absolute atomic E-state index is 15.0. The maximum Gasteiger partial charge on any atom is 0.356 e. The van der Waals surface area contributed by atoms with Crippen LogP contribution in [0.3, 0.4) is 0 Å². The number of benzene rings is 1. The van der Waals surface area contributed by atoms with Gasteiger partial charge in [0.25, 0.3) is 0 Å². The molecule has 0 spiro atoms. The Balaban J connectivity index is 1.83. The number of anilines is 2. The lowest BCUT2D eigenvalue weighted by Gasteiger charge is -2.40. The van der Waals surface area contributed by atoms with Crippen LogP contribution in [0.25, 0.3) is 28.0 Å². The summed E-state index contributed by atoms with van der Waals surface area (Å²) in [6.45, 7) is 8.85. The number of aryl methyl sites for hydroxylation is 1. The highest BCUT2D eigenvalue weighted by Crippen LogP contribution is 2.36. The van der Waals surface area contributed by atoms with Gasteiger partial charge < -0.3 is 14.7 Å². The molecule has 0 bridgehead atoms. The van der Waals surface area contributed by atoms with Crippen molar-refractivity contribution in [3.63, 3.8) is 0 Å². The number of hydrogen-bond donors (Lipinski definition) is 0. The van der Waals surface area contributed by atoms with Gasteiger partial charge in [-0.2, -0.15) is 4.98 Å². The van der Waals surface area contributed by atoms with Crippen LogP contribution in [0.15, 0.2) is 54.1 Å². The van der Waals surface area contributed by atoms with Crippen LogP contribution >= 0.6 is 11.6 Å². The molecule has 0 unspecified atom stereocenters. The number of fused-ring (bicyclic) bond motifs is 1. The number of aromatic nitrogens is 5. The molecule has 0 N–H and O–H groups in total. The van der Waals surface area contributed by atoms with E-state index < -0.39 is 11.5 Å². The van der Waals surface area contributed by atoms with Crippen molar-refractivity contribution in [2.24, 2.45) is 0 Å². The van der Waals surface area contributed by atoms with Crippen LogP contribution in [-0.4, -0.2) is 75.1 Å². The largest absolute Gasteiger partial charge is 0.361 e. The number of pyridine rings is 1. The van der Waals surface area contributed by atoms with E-state index in [9.17, 15) is 14.0 Å². The molecule has 1 atom stereocenters. The molecular formula is C30H32ClFN8O2. The number of carbonyl (C=O) groups is 1. The second-order valence-corrected chi connectivity index (χ2v) is 10.8. The van der Waals surface area contributed by atoms with Gasteiger partial charge in [0.1, 0.15) is 23.6 Å². The summed E-state index contributed by atoms with van der Waals surface area (Å²) in [5.74, 6) is 0.257. The van der Waals surface area contributed by atoms with E-state index in [-0.39, 0.29) is 33.9 Å². The normalized spacial score (nSPS) is 15.2. The van der Waals surface area contributed by atoms with Crippen LogP contribution in [0, 0.1) is 5.82 Å². The van der Waals surface area contributed by atoms with Crippen molar-refractivity contribution < 1.29 is 9.18 Å². The second-order valence-electron chi connectivity index (χ2n) is 10.4. The summed E-state index contributed by atoms with van der Waals surface area (Å²) in [6.07, 6.45) is 4.13. The molecule has 1 fully saturated rings. The molecule has 0 radical (unpaired) electrons. The molecule has 1 aromatic carbocycles. The average Bonchev–Trinajstić information content (AvgIpc) is 2.97. The van der Waals surface area contributed by atoms with E-state index >= 15 is 0 Å². The molecule has 4 aromatic rings. The first-order valence-electron chi connectivity index (χ1n) is 13.7. The Morgan fingerprint density at radius 3 is 2.64 bits per heavy atom. The lowest BCUT2D eigenvalue weighted by atomic mass is 10.1. The highest BCUT2D eigenvalue weighted by atomic mass is 35.5. The lowest BCUT2D eigenvalue weighted by molar-refractivity contribution is -0.126. The molecule has 3 aromatic heterocycles. The van der Waals surface area contributed by atoms with Gasteiger partial charge in [-0.15, -0.1) is 0 Å². The molecule has 1 aliphatic heterocycles. The highest BCUT2D eigenvalue weighted by molar-refractivity contribution is 6.33. The maximum atomic E-state index is 15.0. The molecule has 12 heteroatoms. The Kier molecular flexibility index (Phi) is 8.22. The molecule has 0 saturated carbocycles. The van der Waals surface area contributed by atoms with E-state index in [1.165, 1.54) is 23.0 Å². The zero-order chi connectivity index (χ0) is 30.1. The van der Waals surface area contributed by atoms with E-state index in [4.69, 9.17) is 16.6 Å². The summed E-state index contributed by atoms with van der Waals surface area (Å²) >= 11 is 6.78.